The monoisotopic (exact) mass is 417 g/mol. The minimum atomic E-state index is -1.97. The summed E-state index contributed by atoms with van der Waals surface area (Å²) in [5.41, 5.74) is 1.47. The van der Waals surface area contributed by atoms with Crippen LogP contribution in [0.5, 0.6) is 5.88 Å². The van der Waals surface area contributed by atoms with Crippen molar-refractivity contribution in [2.75, 3.05) is 0 Å². The highest BCUT2D eigenvalue weighted by atomic mass is 127. The molecule has 0 saturated heterocycles. The van der Waals surface area contributed by atoms with E-state index in [1.807, 2.05) is 12.1 Å². The summed E-state index contributed by atoms with van der Waals surface area (Å²) in [6, 6.07) is 7.04. The number of hydrogen-bond acceptors (Lipinski definition) is 2. The minimum Gasteiger partial charge on any atom is -0.531 e. The largest absolute Gasteiger partial charge is 0.531 e. The van der Waals surface area contributed by atoms with E-state index in [1.165, 1.54) is 6.07 Å². The Bertz CT molecular complexity index is 667. The molecule has 5 heteroatoms. The van der Waals surface area contributed by atoms with E-state index >= 15 is 0 Å². The number of fused-ring (bicyclic) bond motifs is 1. The second-order valence-electron chi connectivity index (χ2n) is 6.75. The zero-order valence-electron chi connectivity index (χ0n) is 13.1. The molecule has 0 atom stereocenters. The molecule has 0 aliphatic carbocycles. The van der Waals surface area contributed by atoms with E-state index in [0.29, 0.717) is 11.4 Å². The van der Waals surface area contributed by atoms with Gasteiger partial charge in [-0.2, -0.15) is 0 Å². The van der Waals surface area contributed by atoms with Gasteiger partial charge in [-0.05, 0) is 29.8 Å². The van der Waals surface area contributed by atoms with Crippen LogP contribution in [0.15, 0.2) is 24.3 Å². The van der Waals surface area contributed by atoms with Gasteiger partial charge in [0.2, 0.25) is 5.88 Å². The molecule has 1 heterocycles. The molecule has 21 heavy (non-hydrogen) atoms. The normalized spacial score (nSPS) is 12.7. The van der Waals surface area contributed by atoms with E-state index in [4.69, 9.17) is 4.43 Å². The zero-order chi connectivity index (χ0) is 15.8. The van der Waals surface area contributed by atoms with Gasteiger partial charge in [0.05, 0.1) is 0 Å². The molecule has 1 aromatic carbocycles. The highest BCUT2D eigenvalue weighted by Crippen LogP contribution is 2.37. The van der Waals surface area contributed by atoms with E-state index in [-0.39, 0.29) is 10.9 Å². The smallest absolute Gasteiger partial charge is 0.252 e. The average Bonchev–Trinajstić information content (AvgIpc) is 2.37. The van der Waals surface area contributed by atoms with Crippen LogP contribution in [0, 0.1) is 5.82 Å². The fraction of sp³-hybridized carbons (Fsp3) is 0.438. The first-order valence-electron chi connectivity index (χ1n) is 6.99. The number of rotatable bonds is 3. The van der Waals surface area contributed by atoms with Crippen molar-refractivity contribution < 1.29 is 8.82 Å². The molecule has 0 aliphatic rings. The number of nitrogens with zero attached hydrogens (tertiary/aromatic N) is 1. The number of benzene rings is 1. The summed E-state index contributed by atoms with van der Waals surface area (Å²) < 4.78 is 21.1. The van der Waals surface area contributed by atoms with Gasteiger partial charge in [-0.25, -0.2) is 9.37 Å². The second kappa shape index (κ2) is 5.83. The van der Waals surface area contributed by atoms with Crippen molar-refractivity contribution in [1.82, 2.24) is 4.98 Å². The van der Waals surface area contributed by atoms with Crippen LogP contribution in [0.25, 0.3) is 10.9 Å². The molecule has 1 aromatic heterocycles. The molecule has 0 N–H and O–H groups in total. The van der Waals surface area contributed by atoms with Gasteiger partial charge in [-0.3, -0.25) is 0 Å². The highest BCUT2D eigenvalue weighted by molar-refractivity contribution is 14.1. The van der Waals surface area contributed by atoms with Crippen LogP contribution in [0.2, 0.25) is 18.1 Å². The lowest BCUT2D eigenvalue weighted by atomic mass is 10.1. The van der Waals surface area contributed by atoms with Crippen LogP contribution in [0.3, 0.4) is 0 Å². The van der Waals surface area contributed by atoms with Gasteiger partial charge in [0, 0.05) is 15.9 Å². The first-order chi connectivity index (χ1) is 9.65. The highest BCUT2D eigenvalue weighted by Gasteiger charge is 2.39. The first kappa shape index (κ1) is 16.7. The van der Waals surface area contributed by atoms with Crippen molar-refractivity contribution in [3.63, 3.8) is 0 Å². The molecule has 0 aliphatic heterocycles. The fourth-order valence-corrected chi connectivity index (χ4v) is 3.40. The standard InChI is InChI=1S/C16H21FINOSi/c1-16(2,3)21(4,5)20-14-9-11(10-18)12-7-6-8-13(17)15(12)19-14/h6-9H,10H2,1-5H3. The van der Waals surface area contributed by atoms with Crippen LogP contribution in [-0.4, -0.2) is 13.3 Å². The van der Waals surface area contributed by atoms with Gasteiger partial charge in [-0.15, -0.1) is 0 Å². The number of aromatic nitrogens is 1. The summed E-state index contributed by atoms with van der Waals surface area (Å²) in [6.07, 6.45) is 0. The summed E-state index contributed by atoms with van der Waals surface area (Å²) in [6.45, 7) is 10.9. The van der Waals surface area contributed by atoms with Gasteiger partial charge >= 0.3 is 0 Å². The molecule has 2 rings (SSSR count). The average molecular weight is 417 g/mol. The van der Waals surface area contributed by atoms with Crippen LogP contribution >= 0.6 is 22.6 Å². The third-order valence-corrected chi connectivity index (χ3v) is 9.32. The molecule has 114 valence electrons. The second-order valence-corrected chi connectivity index (χ2v) is 12.2. The molecule has 0 fully saturated rings. The maximum Gasteiger partial charge on any atom is 0.252 e. The van der Waals surface area contributed by atoms with Crippen molar-refractivity contribution in [3.05, 3.63) is 35.6 Å². The van der Waals surface area contributed by atoms with Gasteiger partial charge < -0.3 is 4.43 Å². The minimum absolute atomic E-state index is 0.0867. The maximum absolute atomic E-state index is 14.0. The summed E-state index contributed by atoms with van der Waals surface area (Å²) in [5, 5.41) is 0.954. The van der Waals surface area contributed by atoms with E-state index in [1.54, 1.807) is 6.07 Å². The van der Waals surface area contributed by atoms with Crippen LogP contribution in [0.4, 0.5) is 4.39 Å². The topological polar surface area (TPSA) is 22.1 Å². The van der Waals surface area contributed by atoms with Crippen LogP contribution < -0.4 is 4.43 Å². The summed E-state index contributed by atoms with van der Waals surface area (Å²) in [5.74, 6) is 0.255. The summed E-state index contributed by atoms with van der Waals surface area (Å²) >= 11 is 2.29. The molecular weight excluding hydrogens is 396 g/mol. The van der Waals surface area contributed by atoms with Gasteiger partial charge in [-0.1, -0.05) is 55.5 Å². The third-order valence-electron chi connectivity index (χ3n) is 4.16. The predicted octanol–water partition coefficient (Wildman–Crippen LogP) is 5.69. The zero-order valence-corrected chi connectivity index (χ0v) is 16.3. The van der Waals surface area contributed by atoms with Crippen molar-refractivity contribution in [3.8, 4) is 5.88 Å². The molecule has 0 unspecified atom stereocenters. The van der Waals surface area contributed by atoms with Crippen molar-refractivity contribution >= 4 is 41.8 Å². The molecule has 0 amide bonds. The summed E-state index contributed by atoms with van der Waals surface area (Å²) in [4.78, 5) is 4.42. The molecule has 0 spiro atoms. The van der Waals surface area contributed by atoms with Gasteiger partial charge in [0.1, 0.15) is 11.3 Å². The van der Waals surface area contributed by atoms with Crippen molar-refractivity contribution in [2.45, 2.75) is 43.3 Å². The van der Waals surface area contributed by atoms with Crippen molar-refractivity contribution in [1.29, 1.82) is 0 Å². The molecular formula is C16H21FINOSi. The Kier molecular flexibility index (Phi) is 4.63. The number of alkyl halides is 1. The lowest BCUT2D eigenvalue weighted by Gasteiger charge is -2.36. The Morgan fingerprint density at radius 1 is 1.29 bits per heavy atom. The molecule has 2 aromatic rings. The Morgan fingerprint density at radius 3 is 2.52 bits per heavy atom. The number of pyridine rings is 1. The number of para-hydroxylation sites is 1. The molecule has 0 bridgehead atoms. The van der Waals surface area contributed by atoms with Gasteiger partial charge in [0.15, 0.2) is 0 Å². The van der Waals surface area contributed by atoms with Gasteiger partial charge in [0.25, 0.3) is 8.32 Å². The molecule has 0 radical (unpaired) electrons. The Hall–Kier alpha value is -0.693. The van der Waals surface area contributed by atoms with Crippen LogP contribution in [-0.2, 0) is 4.43 Å². The molecule has 2 nitrogen and oxygen atoms in total. The fourth-order valence-electron chi connectivity index (χ4n) is 1.83. The lowest BCUT2D eigenvalue weighted by molar-refractivity contribution is 0.477. The van der Waals surface area contributed by atoms with E-state index in [2.05, 4.69) is 61.4 Å². The number of halogens is 2. The van der Waals surface area contributed by atoms with E-state index in [9.17, 15) is 4.39 Å². The first-order valence-corrected chi connectivity index (χ1v) is 11.4. The Balaban J connectivity index is 2.54. The van der Waals surface area contributed by atoms with E-state index < -0.39 is 8.32 Å². The Labute approximate surface area is 140 Å². The lowest BCUT2D eigenvalue weighted by Crippen LogP contribution is -2.44. The molecule has 0 saturated carbocycles. The SMILES string of the molecule is CC(C)(C)[Si](C)(C)Oc1cc(CI)c2cccc(F)c2n1. The third kappa shape index (κ3) is 3.39. The quantitative estimate of drug-likeness (QED) is 0.364. The van der Waals surface area contributed by atoms with Crippen LogP contribution in [0.1, 0.15) is 26.3 Å². The van der Waals surface area contributed by atoms with Crippen molar-refractivity contribution in [2.24, 2.45) is 0 Å². The van der Waals surface area contributed by atoms with E-state index in [0.717, 1.165) is 15.4 Å². The summed E-state index contributed by atoms with van der Waals surface area (Å²) in [7, 11) is -1.97. The predicted molar refractivity (Wildman–Crippen MR) is 97.3 cm³/mol. The Morgan fingerprint density at radius 2 is 1.95 bits per heavy atom. The number of hydrogen-bond donors (Lipinski definition) is 0. The maximum atomic E-state index is 14.0.